The maximum atomic E-state index is 13.0. The Kier molecular flexibility index (Phi) is 6.13. The van der Waals surface area contributed by atoms with E-state index in [1.807, 2.05) is 24.3 Å². The number of benzene rings is 2. The van der Waals surface area contributed by atoms with Crippen molar-refractivity contribution < 1.29 is 9.53 Å². The van der Waals surface area contributed by atoms with Gasteiger partial charge < -0.3 is 10.1 Å². The van der Waals surface area contributed by atoms with Crippen molar-refractivity contribution in [3.8, 4) is 0 Å². The quantitative estimate of drug-likeness (QED) is 0.678. The van der Waals surface area contributed by atoms with Gasteiger partial charge in [0.25, 0.3) is 11.5 Å². The molecule has 8 heteroatoms. The molecular formula is C22H23ClN4O3. The van der Waals surface area contributed by atoms with Crippen molar-refractivity contribution in [3.63, 3.8) is 0 Å². The molecule has 0 aliphatic carbocycles. The van der Waals surface area contributed by atoms with Crippen LogP contribution in [0.25, 0.3) is 10.8 Å². The number of fused-ring (bicyclic) bond motifs is 1. The zero-order chi connectivity index (χ0) is 21.1. The van der Waals surface area contributed by atoms with Crippen LogP contribution in [0.3, 0.4) is 0 Å². The number of nitrogens with one attached hydrogen (secondary N) is 1. The first-order valence-corrected chi connectivity index (χ1v) is 10.2. The van der Waals surface area contributed by atoms with E-state index in [0.717, 1.165) is 18.7 Å². The van der Waals surface area contributed by atoms with Crippen LogP contribution in [0.4, 0.5) is 0 Å². The third-order valence-electron chi connectivity index (χ3n) is 5.37. The summed E-state index contributed by atoms with van der Waals surface area (Å²) in [6.45, 7) is 3.28. The van der Waals surface area contributed by atoms with Crippen LogP contribution in [0.1, 0.15) is 22.1 Å². The van der Waals surface area contributed by atoms with E-state index in [1.54, 1.807) is 31.3 Å². The predicted molar refractivity (Wildman–Crippen MR) is 116 cm³/mol. The molecule has 1 saturated heterocycles. The molecule has 1 aromatic heterocycles. The van der Waals surface area contributed by atoms with Gasteiger partial charge in [0.1, 0.15) is 0 Å². The van der Waals surface area contributed by atoms with E-state index >= 15 is 0 Å². The average molecular weight is 427 g/mol. The predicted octanol–water partition coefficient (Wildman–Crippen LogP) is 2.39. The van der Waals surface area contributed by atoms with Crippen molar-refractivity contribution in [2.75, 3.05) is 32.8 Å². The second kappa shape index (κ2) is 8.95. The lowest BCUT2D eigenvalue weighted by Crippen LogP contribution is -2.44. The molecule has 1 amide bonds. The van der Waals surface area contributed by atoms with Gasteiger partial charge in [0.15, 0.2) is 5.69 Å². The number of carbonyl (C=O) groups is 1. The van der Waals surface area contributed by atoms with E-state index in [0.29, 0.717) is 35.6 Å². The minimum Gasteiger partial charge on any atom is -0.379 e. The summed E-state index contributed by atoms with van der Waals surface area (Å²) in [6.07, 6.45) is 0. The first-order chi connectivity index (χ1) is 14.5. The lowest BCUT2D eigenvalue weighted by atomic mass is 10.0. The van der Waals surface area contributed by atoms with Crippen molar-refractivity contribution in [1.29, 1.82) is 0 Å². The fraction of sp³-hybridized carbons (Fsp3) is 0.318. The van der Waals surface area contributed by atoms with Crippen molar-refractivity contribution in [3.05, 3.63) is 75.2 Å². The first-order valence-electron chi connectivity index (χ1n) is 9.86. The number of rotatable bonds is 5. The minimum atomic E-state index is -0.311. The van der Waals surface area contributed by atoms with Gasteiger partial charge in [0.2, 0.25) is 0 Å². The highest BCUT2D eigenvalue weighted by molar-refractivity contribution is 6.30. The van der Waals surface area contributed by atoms with Crippen LogP contribution in [0.15, 0.2) is 53.3 Å². The Balaban J connectivity index is 1.60. The minimum absolute atomic E-state index is 0.0195. The average Bonchev–Trinajstić information content (AvgIpc) is 2.78. The third kappa shape index (κ3) is 4.23. The molecule has 1 fully saturated rings. The molecule has 2 aromatic carbocycles. The summed E-state index contributed by atoms with van der Waals surface area (Å²) in [5, 5.41) is 8.93. The normalized spacial score (nSPS) is 15.8. The molecule has 1 aliphatic rings. The van der Waals surface area contributed by atoms with E-state index < -0.39 is 0 Å². The van der Waals surface area contributed by atoms with Gasteiger partial charge in [0.05, 0.1) is 24.6 Å². The van der Waals surface area contributed by atoms with Gasteiger partial charge in [0, 0.05) is 37.1 Å². The molecule has 30 heavy (non-hydrogen) atoms. The number of amides is 1. The monoisotopic (exact) mass is 426 g/mol. The Bertz CT molecular complexity index is 1110. The Morgan fingerprint density at radius 1 is 1.13 bits per heavy atom. The van der Waals surface area contributed by atoms with E-state index in [4.69, 9.17) is 16.3 Å². The largest absolute Gasteiger partial charge is 0.379 e. The van der Waals surface area contributed by atoms with Gasteiger partial charge in [-0.15, -0.1) is 0 Å². The molecule has 1 aliphatic heterocycles. The van der Waals surface area contributed by atoms with Gasteiger partial charge in [-0.25, -0.2) is 4.68 Å². The number of hydrogen-bond donors (Lipinski definition) is 1. The van der Waals surface area contributed by atoms with Crippen molar-refractivity contribution >= 4 is 28.3 Å². The molecule has 7 nitrogen and oxygen atoms in total. The fourth-order valence-electron chi connectivity index (χ4n) is 3.77. The number of aryl methyl sites for hydroxylation is 1. The Hall–Kier alpha value is -2.74. The van der Waals surface area contributed by atoms with Crippen LogP contribution < -0.4 is 10.9 Å². The van der Waals surface area contributed by atoms with E-state index in [-0.39, 0.29) is 23.2 Å². The van der Waals surface area contributed by atoms with Crippen molar-refractivity contribution in [1.82, 2.24) is 20.0 Å². The Labute approximate surface area is 179 Å². The molecule has 0 radical (unpaired) electrons. The second-order valence-electron chi connectivity index (χ2n) is 7.25. The zero-order valence-corrected chi connectivity index (χ0v) is 17.4. The Morgan fingerprint density at radius 3 is 2.50 bits per heavy atom. The smallest absolute Gasteiger partial charge is 0.274 e. The van der Waals surface area contributed by atoms with Crippen molar-refractivity contribution in [2.45, 2.75) is 6.04 Å². The number of halogens is 1. The molecule has 0 saturated carbocycles. The molecule has 0 bridgehead atoms. The maximum Gasteiger partial charge on any atom is 0.274 e. The summed E-state index contributed by atoms with van der Waals surface area (Å²) < 4.78 is 6.68. The molecule has 0 spiro atoms. The molecule has 1 atom stereocenters. The highest BCUT2D eigenvalue weighted by atomic mass is 35.5. The third-order valence-corrected chi connectivity index (χ3v) is 5.62. The number of hydrogen-bond acceptors (Lipinski definition) is 5. The van der Waals surface area contributed by atoms with Crippen molar-refractivity contribution in [2.24, 2.45) is 7.05 Å². The van der Waals surface area contributed by atoms with Gasteiger partial charge in [-0.3, -0.25) is 14.5 Å². The Morgan fingerprint density at radius 2 is 1.80 bits per heavy atom. The summed E-state index contributed by atoms with van der Waals surface area (Å²) in [6, 6.07) is 14.7. The summed E-state index contributed by atoms with van der Waals surface area (Å²) >= 11 is 6.05. The first kappa shape index (κ1) is 20.5. The number of ether oxygens (including phenoxy) is 1. The highest BCUT2D eigenvalue weighted by Gasteiger charge is 2.24. The SMILES string of the molecule is Cn1nc(C(=O)NCC(c2ccc(Cl)cc2)N2CCOCC2)c2ccccc2c1=O. The van der Waals surface area contributed by atoms with Gasteiger partial charge in [-0.1, -0.05) is 41.9 Å². The summed E-state index contributed by atoms with van der Waals surface area (Å²) in [4.78, 5) is 27.7. The van der Waals surface area contributed by atoms with E-state index in [1.165, 1.54) is 4.68 Å². The number of morpholine rings is 1. The van der Waals surface area contributed by atoms with Crippen LogP contribution >= 0.6 is 11.6 Å². The number of aromatic nitrogens is 2. The van der Waals surface area contributed by atoms with Gasteiger partial charge in [-0.05, 0) is 23.8 Å². The maximum absolute atomic E-state index is 13.0. The lowest BCUT2D eigenvalue weighted by Gasteiger charge is -2.35. The number of carbonyl (C=O) groups excluding carboxylic acids is 1. The summed E-state index contributed by atoms with van der Waals surface area (Å²) in [7, 11) is 1.55. The van der Waals surface area contributed by atoms with Gasteiger partial charge in [-0.2, -0.15) is 5.10 Å². The van der Waals surface area contributed by atoms with Crippen LogP contribution in [0.5, 0.6) is 0 Å². The molecule has 3 aromatic rings. The summed E-state index contributed by atoms with van der Waals surface area (Å²) in [5.41, 5.74) is 1.08. The fourth-order valence-corrected chi connectivity index (χ4v) is 3.90. The molecular weight excluding hydrogens is 404 g/mol. The lowest BCUT2D eigenvalue weighted by molar-refractivity contribution is 0.0162. The van der Waals surface area contributed by atoms with Crippen LogP contribution in [-0.2, 0) is 11.8 Å². The second-order valence-corrected chi connectivity index (χ2v) is 7.69. The molecule has 1 unspecified atom stereocenters. The highest BCUT2D eigenvalue weighted by Crippen LogP contribution is 2.23. The molecule has 2 heterocycles. The van der Waals surface area contributed by atoms with Crippen LogP contribution in [0, 0.1) is 0 Å². The van der Waals surface area contributed by atoms with E-state index in [2.05, 4.69) is 15.3 Å². The topological polar surface area (TPSA) is 76.5 Å². The number of nitrogens with zero attached hydrogens (tertiary/aromatic N) is 3. The van der Waals surface area contributed by atoms with Crippen LogP contribution in [-0.4, -0.2) is 53.4 Å². The zero-order valence-electron chi connectivity index (χ0n) is 16.7. The van der Waals surface area contributed by atoms with Crippen LogP contribution in [0.2, 0.25) is 5.02 Å². The molecule has 156 valence electrons. The van der Waals surface area contributed by atoms with Gasteiger partial charge >= 0.3 is 0 Å². The standard InChI is InChI=1S/C22H23ClN4O3/c1-26-22(29)18-5-3-2-4-17(18)20(25-26)21(28)24-14-19(27-10-12-30-13-11-27)15-6-8-16(23)9-7-15/h2-9,19H,10-14H2,1H3,(H,24,28). The summed E-state index contributed by atoms with van der Waals surface area (Å²) in [5.74, 6) is -0.311. The van der Waals surface area contributed by atoms with E-state index in [9.17, 15) is 9.59 Å². The molecule has 4 rings (SSSR count). The molecule has 1 N–H and O–H groups in total.